The fourth-order valence-corrected chi connectivity index (χ4v) is 6.11. The third-order valence-corrected chi connectivity index (χ3v) is 8.13. The number of nitrogens with one attached hydrogen (secondary N) is 1. The van der Waals surface area contributed by atoms with E-state index in [9.17, 15) is 8.78 Å². The quantitative estimate of drug-likeness (QED) is 0.344. The van der Waals surface area contributed by atoms with E-state index in [0.29, 0.717) is 28.8 Å². The number of rotatable bonds is 6. The minimum Gasteiger partial charge on any atom is -0.326 e. The van der Waals surface area contributed by atoms with Gasteiger partial charge < -0.3 is 9.88 Å². The molecule has 2 saturated heterocycles. The van der Waals surface area contributed by atoms with Crippen molar-refractivity contribution in [1.29, 1.82) is 0 Å². The van der Waals surface area contributed by atoms with Crippen LogP contribution < -0.4 is 5.32 Å². The average molecular weight is 533 g/mol. The van der Waals surface area contributed by atoms with Crippen molar-refractivity contribution in [3.05, 3.63) is 59.7 Å². The van der Waals surface area contributed by atoms with Gasteiger partial charge in [-0.05, 0) is 70.8 Å². The molecule has 1 aromatic carbocycles. The topological polar surface area (TPSA) is 75.0 Å². The fraction of sp³-hybridized carbons (Fsp3) is 0.448. The summed E-state index contributed by atoms with van der Waals surface area (Å²) in [5.74, 6) is 0.293. The largest absolute Gasteiger partial charge is 0.326 e. The molecular formula is C29H34F2N8. The summed E-state index contributed by atoms with van der Waals surface area (Å²) in [5, 5.41) is 3.07. The van der Waals surface area contributed by atoms with E-state index in [1.807, 2.05) is 37.6 Å². The molecule has 0 radical (unpaired) electrons. The summed E-state index contributed by atoms with van der Waals surface area (Å²) in [4.78, 5) is 22.6. The van der Waals surface area contributed by atoms with Crippen LogP contribution in [-0.4, -0.2) is 66.5 Å². The number of hydrogen-bond donors (Lipinski definition) is 1. The molecule has 0 aliphatic carbocycles. The van der Waals surface area contributed by atoms with Gasteiger partial charge in [-0.15, -0.1) is 0 Å². The minimum absolute atomic E-state index is 0.0127. The lowest BCUT2D eigenvalue weighted by atomic mass is 10.1. The first kappa shape index (κ1) is 25.8. The van der Waals surface area contributed by atoms with Crippen LogP contribution in [0.2, 0.25) is 0 Å². The Morgan fingerprint density at radius 3 is 2.59 bits per heavy atom. The van der Waals surface area contributed by atoms with E-state index >= 15 is 0 Å². The maximum atomic E-state index is 15.0. The summed E-state index contributed by atoms with van der Waals surface area (Å²) in [7, 11) is 0. The Morgan fingerprint density at radius 2 is 1.82 bits per heavy atom. The molecule has 5 heterocycles. The summed E-state index contributed by atoms with van der Waals surface area (Å²) in [6.45, 7) is 12.6. The number of benzene rings is 1. The third-order valence-electron chi connectivity index (χ3n) is 8.13. The molecule has 204 valence electrons. The predicted octanol–water partition coefficient (Wildman–Crippen LogP) is 5.64. The SMILES string of the molecule is Cc1nc2c(F)cc(-c3nc(Nc4ccc([C@@H](C)N5CCN6CCCC6C5)cn4)ncc3F)cc2n1C(C)C. The van der Waals surface area contributed by atoms with Crippen LogP contribution in [-0.2, 0) is 0 Å². The van der Waals surface area contributed by atoms with Gasteiger partial charge in [0.2, 0.25) is 5.95 Å². The van der Waals surface area contributed by atoms with Gasteiger partial charge in [0.25, 0.3) is 0 Å². The van der Waals surface area contributed by atoms with Gasteiger partial charge in [0.05, 0.1) is 11.7 Å². The highest BCUT2D eigenvalue weighted by atomic mass is 19.1. The Balaban J connectivity index is 1.22. The number of pyridine rings is 1. The van der Waals surface area contributed by atoms with Crippen molar-refractivity contribution in [1.82, 2.24) is 34.3 Å². The molecule has 1 unspecified atom stereocenters. The van der Waals surface area contributed by atoms with E-state index in [4.69, 9.17) is 0 Å². The predicted molar refractivity (Wildman–Crippen MR) is 148 cm³/mol. The fourth-order valence-electron chi connectivity index (χ4n) is 6.11. The van der Waals surface area contributed by atoms with E-state index in [1.165, 1.54) is 25.5 Å². The molecule has 2 fully saturated rings. The molecule has 3 aromatic heterocycles. The van der Waals surface area contributed by atoms with Gasteiger partial charge in [0.1, 0.15) is 22.9 Å². The Morgan fingerprint density at radius 1 is 0.974 bits per heavy atom. The van der Waals surface area contributed by atoms with Gasteiger partial charge in [-0.3, -0.25) is 9.80 Å². The lowest BCUT2D eigenvalue weighted by Gasteiger charge is -2.40. The Labute approximate surface area is 227 Å². The minimum atomic E-state index is -0.633. The monoisotopic (exact) mass is 532 g/mol. The Kier molecular flexibility index (Phi) is 6.76. The number of aromatic nitrogens is 5. The van der Waals surface area contributed by atoms with Crippen molar-refractivity contribution in [3.8, 4) is 11.3 Å². The summed E-state index contributed by atoms with van der Waals surface area (Å²) < 4.78 is 31.8. The second-order valence-electron chi connectivity index (χ2n) is 10.9. The normalized spacial score (nSPS) is 19.1. The van der Waals surface area contributed by atoms with Crippen LogP contribution in [0.5, 0.6) is 0 Å². The van der Waals surface area contributed by atoms with Crippen LogP contribution in [0.4, 0.5) is 20.5 Å². The number of nitrogens with zero attached hydrogens (tertiary/aromatic N) is 7. The van der Waals surface area contributed by atoms with Gasteiger partial charge in [0.15, 0.2) is 11.6 Å². The van der Waals surface area contributed by atoms with E-state index in [2.05, 4.69) is 48.0 Å². The highest BCUT2D eigenvalue weighted by Gasteiger charge is 2.32. The van der Waals surface area contributed by atoms with Gasteiger partial charge in [-0.2, -0.15) is 0 Å². The summed E-state index contributed by atoms with van der Waals surface area (Å²) >= 11 is 0. The molecule has 6 rings (SSSR count). The first-order valence-corrected chi connectivity index (χ1v) is 13.7. The third kappa shape index (κ3) is 4.87. The zero-order valence-electron chi connectivity index (χ0n) is 22.8. The van der Waals surface area contributed by atoms with E-state index in [-0.39, 0.29) is 29.2 Å². The zero-order chi connectivity index (χ0) is 27.3. The second kappa shape index (κ2) is 10.2. The maximum absolute atomic E-state index is 15.0. The molecular weight excluding hydrogens is 498 g/mol. The van der Waals surface area contributed by atoms with Crippen molar-refractivity contribution in [3.63, 3.8) is 0 Å². The van der Waals surface area contributed by atoms with Crippen molar-refractivity contribution in [2.75, 3.05) is 31.5 Å². The zero-order valence-corrected chi connectivity index (χ0v) is 22.8. The molecule has 2 aliphatic rings. The van der Waals surface area contributed by atoms with Gasteiger partial charge >= 0.3 is 0 Å². The first-order valence-electron chi connectivity index (χ1n) is 13.7. The van der Waals surface area contributed by atoms with Crippen molar-refractivity contribution >= 4 is 22.8 Å². The highest BCUT2D eigenvalue weighted by Crippen LogP contribution is 2.31. The van der Waals surface area contributed by atoms with E-state index < -0.39 is 11.6 Å². The molecule has 10 heteroatoms. The number of aryl methyl sites for hydroxylation is 1. The Bertz CT molecular complexity index is 1500. The van der Waals surface area contributed by atoms with E-state index in [0.717, 1.165) is 31.4 Å². The maximum Gasteiger partial charge on any atom is 0.229 e. The first-order chi connectivity index (χ1) is 18.8. The highest BCUT2D eigenvalue weighted by molar-refractivity contribution is 5.83. The van der Waals surface area contributed by atoms with Crippen molar-refractivity contribution in [2.24, 2.45) is 0 Å². The molecule has 2 atom stereocenters. The molecule has 39 heavy (non-hydrogen) atoms. The van der Waals surface area contributed by atoms with Crippen LogP contribution in [0.15, 0.2) is 36.7 Å². The molecule has 1 N–H and O–H groups in total. The molecule has 0 saturated carbocycles. The molecule has 2 aliphatic heterocycles. The molecule has 0 spiro atoms. The average Bonchev–Trinajstić information content (AvgIpc) is 3.53. The van der Waals surface area contributed by atoms with Crippen LogP contribution in [0.1, 0.15) is 57.1 Å². The van der Waals surface area contributed by atoms with Gasteiger partial charge in [-0.25, -0.2) is 28.7 Å². The molecule has 0 bridgehead atoms. The number of anilines is 2. The van der Waals surface area contributed by atoms with Crippen molar-refractivity contribution in [2.45, 2.75) is 58.7 Å². The number of hydrogen-bond acceptors (Lipinski definition) is 7. The smallest absolute Gasteiger partial charge is 0.229 e. The van der Waals surface area contributed by atoms with Crippen LogP contribution >= 0.6 is 0 Å². The molecule has 8 nitrogen and oxygen atoms in total. The number of halogens is 2. The van der Waals surface area contributed by atoms with E-state index in [1.54, 1.807) is 6.07 Å². The number of imidazole rings is 1. The van der Waals surface area contributed by atoms with Gasteiger partial charge in [-0.1, -0.05) is 6.07 Å². The van der Waals surface area contributed by atoms with Crippen LogP contribution in [0, 0.1) is 18.6 Å². The standard InChI is InChI=1S/C29H34F2N8/c1-17(2)39-19(4)34-28-23(30)12-21(13-25(28)39)27-24(31)15-33-29(36-27)35-26-8-7-20(14-32-26)18(3)38-11-10-37-9-5-6-22(37)16-38/h7-8,12-15,17-18,22H,5-6,9-11,16H2,1-4H3,(H,32,33,35,36)/t18-,22?/m1/s1. The number of fused-ring (bicyclic) bond motifs is 2. The summed E-state index contributed by atoms with van der Waals surface area (Å²) in [6.07, 6.45) is 5.55. The summed E-state index contributed by atoms with van der Waals surface area (Å²) in [6, 6.07) is 7.96. The summed E-state index contributed by atoms with van der Waals surface area (Å²) in [5.41, 5.74) is 2.35. The Hall–Kier alpha value is -3.50. The van der Waals surface area contributed by atoms with Crippen LogP contribution in [0.25, 0.3) is 22.3 Å². The van der Waals surface area contributed by atoms with Crippen LogP contribution in [0.3, 0.4) is 0 Å². The van der Waals surface area contributed by atoms with Crippen molar-refractivity contribution < 1.29 is 8.78 Å². The molecule has 4 aromatic rings. The lowest BCUT2D eigenvalue weighted by molar-refractivity contribution is 0.0769. The van der Waals surface area contributed by atoms with Gasteiger partial charge in [0, 0.05) is 49.5 Å². The number of piperazine rings is 1. The second-order valence-corrected chi connectivity index (χ2v) is 10.9. The lowest BCUT2D eigenvalue weighted by Crippen LogP contribution is -2.50. The molecule has 0 amide bonds.